The fraction of sp³-hybridized carbons (Fsp3) is 0.0625. The molecule has 102 valence electrons. The molecule has 21 heavy (non-hydrogen) atoms. The molecule has 5 nitrogen and oxygen atoms in total. The van der Waals surface area contributed by atoms with E-state index in [9.17, 15) is 4.79 Å². The van der Waals surface area contributed by atoms with Gasteiger partial charge in [0.2, 0.25) is 5.82 Å². The lowest BCUT2D eigenvalue weighted by Crippen LogP contribution is -2.02. The third-order valence-electron chi connectivity index (χ3n) is 3.02. The van der Waals surface area contributed by atoms with Gasteiger partial charge in [-0.2, -0.15) is 0 Å². The first-order valence-corrected chi connectivity index (χ1v) is 6.48. The average Bonchev–Trinajstić information content (AvgIpc) is 2.56. The number of nitrogens with zero attached hydrogens (tertiary/aromatic N) is 4. The fourth-order valence-electron chi connectivity index (χ4n) is 1.92. The molecule has 3 aromatic rings. The maximum Gasteiger partial charge on any atom is 0.203 e. The topological polar surface area (TPSA) is 68.6 Å². The molecular weight excluding hydrogens is 264 g/mol. The van der Waals surface area contributed by atoms with E-state index in [2.05, 4.69) is 20.4 Å². The molecule has 0 bridgehead atoms. The number of rotatable bonds is 3. The van der Waals surface area contributed by atoms with Gasteiger partial charge >= 0.3 is 0 Å². The molecule has 1 heterocycles. The van der Waals surface area contributed by atoms with Crippen LogP contribution in [-0.2, 0) is 0 Å². The van der Waals surface area contributed by atoms with Crippen LogP contribution in [0.1, 0.15) is 21.7 Å². The number of aromatic nitrogens is 4. The molecule has 0 aliphatic carbocycles. The van der Waals surface area contributed by atoms with Crippen molar-refractivity contribution in [3.8, 4) is 11.4 Å². The molecule has 0 spiro atoms. The zero-order chi connectivity index (χ0) is 14.7. The van der Waals surface area contributed by atoms with E-state index in [1.54, 1.807) is 43.3 Å². The third kappa shape index (κ3) is 2.81. The molecule has 2 aromatic carbocycles. The van der Waals surface area contributed by atoms with Crippen molar-refractivity contribution in [3.05, 3.63) is 71.5 Å². The summed E-state index contributed by atoms with van der Waals surface area (Å²) < 4.78 is 0. The predicted octanol–water partition coefficient (Wildman–Crippen LogP) is 2.47. The summed E-state index contributed by atoms with van der Waals surface area (Å²) >= 11 is 0. The fourth-order valence-corrected chi connectivity index (χ4v) is 1.92. The first-order chi connectivity index (χ1) is 10.2. The Bertz CT molecular complexity index is 753. The van der Waals surface area contributed by atoms with Crippen molar-refractivity contribution in [2.45, 2.75) is 6.92 Å². The van der Waals surface area contributed by atoms with Crippen molar-refractivity contribution >= 4 is 5.78 Å². The highest BCUT2D eigenvalue weighted by Gasteiger charge is 2.09. The first-order valence-electron chi connectivity index (χ1n) is 6.48. The van der Waals surface area contributed by atoms with Crippen molar-refractivity contribution in [3.63, 3.8) is 0 Å². The SMILES string of the molecule is Cc1nnc(-c2ccc(C(=O)c3ccccc3)cc2)nn1. The molecule has 1 aromatic heterocycles. The lowest BCUT2D eigenvalue weighted by molar-refractivity contribution is 0.103. The number of benzene rings is 2. The maximum atomic E-state index is 12.3. The van der Waals surface area contributed by atoms with Crippen LogP contribution in [0.4, 0.5) is 0 Å². The minimum Gasteiger partial charge on any atom is -0.289 e. The van der Waals surface area contributed by atoms with Gasteiger partial charge in [-0.25, -0.2) is 0 Å². The Morgan fingerprint density at radius 3 is 1.95 bits per heavy atom. The summed E-state index contributed by atoms with van der Waals surface area (Å²) in [5, 5.41) is 15.7. The van der Waals surface area contributed by atoms with E-state index in [0.29, 0.717) is 22.8 Å². The summed E-state index contributed by atoms with van der Waals surface area (Å²) in [5.74, 6) is 0.956. The number of carbonyl (C=O) groups is 1. The smallest absolute Gasteiger partial charge is 0.203 e. The molecule has 0 unspecified atom stereocenters. The normalized spacial score (nSPS) is 10.3. The molecule has 0 N–H and O–H groups in total. The Hall–Kier alpha value is -2.95. The lowest BCUT2D eigenvalue weighted by Gasteiger charge is -2.02. The Labute approximate surface area is 121 Å². The maximum absolute atomic E-state index is 12.3. The highest BCUT2D eigenvalue weighted by atomic mass is 16.1. The number of hydrogen-bond acceptors (Lipinski definition) is 5. The van der Waals surface area contributed by atoms with E-state index in [-0.39, 0.29) is 5.78 Å². The second-order valence-electron chi connectivity index (χ2n) is 4.54. The Morgan fingerprint density at radius 1 is 0.762 bits per heavy atom. The van der Waals surface area contributed by atoms with Crippen LogP contribution in [0.15, 0.2) is 54.6 Å². The Balaban J connectivity index is 1.87. The van der Waals surface area contributed by atoms with Gasteiger partial charge in [-0.05, 0) is 6.92 Å². The zero-order valence-corrected chi connectivity index (χ0v) is 11.4. The van der Waals surface area contributed by atoms with E-state index < -0.39 is 0 Å². The van der Waals surface area contributed by atoms with Crippen LogP contribution in [0.3, 0.4) is 0 Å². The molecule has 3 rings (SSSR count). The molecule has 0 aliphatic rings. The van der Waals surface area contributed by atoms with E-state index >= 15 is 0 Å². The Morgan fingerprint density at radius 2 is 1.33 bits per heavy atom. The van der Waals surface area contributed by atoms with Gasteiger partial charge in [-0.3, -0.25) is 4.79 Å². The highest BCUT2D eigenvalue weighted by Crippen LogP contribution is 2.16. The molecule has 0 saturated carbocycles. The lowest BCUT2D eigenvalue weighted by atomic mass is 10.0. The molecule has 5 heteroatoms. The third-order valence-corrected chi connectivity index (χ3v) is 3.02. The molecule has 0 fully saturated rings. The monoisotopic (exact) mass is 276 g/mol. The van der Waals surface area contributed by atoms with Gasteiger partial charge in [-0.15, -0.1) is 20.4 Å². The zero-order valence-electron chi connectivity index (χ0n) is 11.4. The summed E-state index contributed by atoms with van der Waals surface area (Å²) in [5.41, 5.74) is 2.07. The van der Waals surface area contributed by atoms with Gasteiger partial charge in [0.1, 0.15) is 0 Å². The van der Waals surface area contributed by atoms with E-state index in [4.69, 9.17) is 0 Å². The van der Waals surface area contributed by atoms with Crippen LogP contribution in [0.2, 0.25) is 0 Å². The second-order valence-corrected chi connectivity index (χ2v) is 4.54. The minimum atomic E-state index is -0.0109. The van der Waals surface area contributed by atoms with Crippen molar-refractivity contribution in [2.24, 2.45) is 0 Å². The molecule has 0 aliphatic heterocycles. The van der Waals surface area contributed by atoms with Gasteiger partial charge in [0, 0.05) is 16.7 Å². The summed E-state index contributed by atoms with van der Waals surface area (Å²) in [7, 11) is 0. The van der Waals surface area contributed by atoms with Crippen LogP contribution in [0.25, 0.3) is 11.4 Å². The number of ketones is 1. The van der Waals surface area contributed by atoms with Crippen molar-refractivity contribution in [2.75, 3.05) is 0 Å². The number of aryl methyl sites for hydroxylation is 1. The van der Waals surface area contributed by atoms with Gasteiger partial charge in [0.25, 0.3) is 0 Å². The van der Waals surface area contributed by atoms with Crippen molar-refractivity contribution in [1.29, 1.82) is 0 Å². The quantitative estimate of drug-likeness (QED) is 0.687. The van der Waals surface area contributed by atoms with E-state index in [1.165, 1.54) is 0 Å². The Kier molecular flexibility index (Phi) is 3.47. The summed E-state index contributed by atoms with van der Waals surface area (Å²) in [6.45, 7) is 1.73. The van der Waals surface area contributed by atoms with Gasteiger partial charge in [0.05, 0.1) is 0 Å². The van der Waals surface area contributed by atoms with Crippen LogP contribution < -0.4 is 0 Å². The van der Waals surface area contributed by atoms with Gasteiger partial charge in [0.15, 0.2) is 11.6 Å². The summed E-state index contributed by atoms with van der Waals surface area (Å²) in [6.07, 6.45) is 0. The van der Waals surface area contributed by atoms with E-state index in [1.807, 2.05) is 18.2 Å². The highest BCUT2D eigenvalue weighted by molar-refractivity contribution is 6.09. The second kappa shape index (κ2) is 5.58. The average molecular weight is 276 g/mol. The molecular formula is C16H12N4O. The minimum absolute atomic E-state index is 0.0109. The van der Waals surface area contributed by atoms with Gasteiger partial charge < -0.3 is 0 Å². The standard InChI is InChI=1S/C16H12N4O/c1-11-17-19-16(20-18-11)14-9-7-13(8-10-14)15(21)12-5-3-2-4-6-12/h2-10H,1H3. The van der Waals surface area contributed by atoms with Crippen LogP contribution in [0, 0.1) is 6.92 Å². The van der Waals surface area contributed by atoms with Crippen LogP contribution in [-0.4, -0.2) is 26.2 Å². The van der Waals surface area contributed by atoms with Crippen LogP contribution in [0.5, 0.6) is 0 Å². The summed E-state index contributed by atoms with van der Waals surface area (Å²) in [6, 6.07) is 16.3. The van der Waals surface area contributed by atoms with Crippen molar-refractivity contribution in [1.82, 2.24) is 20.4 Å². The van der Waals surface area contributed by atoms with Crippen LogP contribution >= 0.6 is 0 Å². The summed E-state index contributed by atoms with van der Waals surface area (Å²) in [4.78, 5) is 12.3. The van der Waals surface area contributed by atoms with E-state index in [0.717, 1.165) is 5.56 Å². The largest absolute Gasteiger partial charge is 0.289 e. The number of carbonyl (C=O) groups excluding carboxylic acids is 1. The van der Waals surface area contributed by atoms with Gasteiger partial charge in [-0.1, -0.05) is 54.6 Å². The predicted molar refractivity (Wildman–Crippen MR) is 77.7 cm³/mol. The molecule has 0 saturated heterocycles. The first kappa shape index (κ1) is 13.1. The number of hydrogen-bond donors (Lipinski definition) is 0. The molecule has 0 atom stereocenters. The molecule has 0 radical (unpaired) electrons. The molecule has 0 amide bonds. The van der Waals surface area contributed by atoms with Crippen molar-refractivity contribution < 1.29 is 4.79 Å².